The number of amides is 2. The second-order valence-corrected chi connectivity index (χ2v) is 5.97. The molecule has 1 aliphatic heterocycles. The second kappa shape index (κ2) is 8.29. The summed E-state index contributed by atoms with van der Waals surface area (Å²) < 4.78 is 47.6. The summed E-state index contributed by atoms with van der Waals surface area (Å²) in [5, 5.41) is 2.77. The zero-order chi connectivity index (χ0) is 19.3. The summed E-state index contributed by atoms with van der Waals surface area (Å²) >= 11 is 0. The van der Waals surface area contributed by atoms with Gasteiger partial charge in [0.15, 0.2) is 11.5 Å². The molecule has 1 N–H and O–H groups in total. The molecule has 0 unspecified atom stereocenters. The van der Waals surface area contributed by atoms with Crippen LogP contribution in [0.4, 0.5) is 13.2 Å². The number of likely N-dealkylation sites (tertiary alicyclic amines) is 1. The average molecular weight is 374 g/mol. The van der Waals surface area contributed by atoms with Gasteiger partial charge in [0.1, 0.15) is 0 Å². The minimum absolute atomic E-state index is 0.0766. The Bertz CT molecular complexity index is 656. The van der Waals surface area contributed by atoms with E-state index in [1.165, 1.54) is 14.2 Å². The number of hydrogen-bond donors (Lipinski definition) is 1. The molecule has 0 radical (unpaired) electrons. The number of piperidine rings is 1. The highest BCUT2D eigenvalue weighted by Gasteiger charge is 2.43. The number of nitrogens with one attached hydrogen (secondary N) is 1. The molecule has 1 saturated heterocycles. The van der Waals surface area contributed by atoms with Crippen LogP contribution in [-0.4, -0.2) is 50.2 Å². The van der Waals surface area contributed by atoms with Crippen LogP contribution in [0.1, 0.15) is 18.4 Å². The minimum atomic E-state index is -4.87. The third-order valence-electron chi connectivity index (χ3n) is 4.31. The first-order valence-electron chi connectivity index (χ1n) is 8.11. The summed E-state index contributed by atoms with van der Waals surface area (Å²) in [6.45, 7) is 0.112. The molecule has 0 saturated carbocycles. The number of rotatable bonds is 5. The van der Waals surface area contributed by atoms with E-state index in [-0.39, 0.29) is 38.4 Å². The maximum Gasteiger partial charge on any atom is 0.471 e. The highest BCUT2D eigenvalue weighted by Crippen LogP contribution is 2.28. The number of methoxy groups -OCH3 is 2. The van der Waals surface area contributed by atoms with Crippen molar-refractivity contribution >= 4 is 11.8 Å². The molecular weight excluding hydrogens is 353 g/mol. The molecule has 2 amide bonds. The van der Waals surface area contributed by atoms with Crippen molar-refractivity contribution < 1.29 is 32.2 Å². The average Bonchev–Trinajstić information content (AvgIpc) is 2.64. The first kappa shape index (κ1) is 19.9. The second-order valence-electron chi connectivity index (χ2n) is 5.97. The molecule has 1 heterocycles. The van der Waals surface area contributed by atoms with Crippen LogP contribution in [0.2, 0.25) is 0 Å². The number of alkyl halides is 3. The molecule has 2 rings (SSSR count). The fourth-order valence-electron chi connectivity index (χ4n) is 2.85. The summed E-state index contributed by atoms with van der Waals surface area (Å²) in [4.78, 5) is 24.2. The first-order chi connectivity index (χ1) is 12.3. The Morgan fingerprint density at radius 1 is 1.15 bits per heavy atom. The fraction of sp³-hybridized carbons (Fsp3) is 0.529. The monoisotopic (exact) mass is 374 g/mol. The highest BCUT2D eigenvalue weighted by atomic mass is 19.4. The highest BCUT2D eigenvalue weighted by molar-refractivity contribution is 5.83. The lowest BCUT2D eigenvalue weighted by Gasteiger charge is -2.31. The smallest absolute Gasteiger partial charge is 0.471 e. The van der Waals surface area contributed by atoms with E-state index in [0.717, 1.165) is 10.5 Å². The van der Waals surface area contributed by atoms with Gasteiger partial charge in [-0.3, -0.25) is 9.59 Å². The molecular formula is C17H21F3N2O4. The Hall–Kier alpha value is -2.45. The number of halogens is 3. The standard InChI is InChI=1S/C17H21F3N2O4/c1-25-13-4-3-11(9-14(13)26-2)10-21-15(23)12-5-7-22(8-6-12)16(24)17(18,19)20/h3-4,9,12H,5-8,10H2,1-2H3,(H,21,23). The maximum atomic E-state index is 12.4. The number of nitrogens with zero attached hydrogens (tertiary/aromatic N) is 1. The minimum Gasteiger partial charge on any atom is -0.493 e. The van der Waals surface area contributed by atoms with Gasteiger partial charge >= 0.3 is 12.1 Å². The van der Waals surface area contributed by atoms with Crippen molar-refractivity contribution in [1.29, 1.82) is 0 Å². The zero-order valence-electron chi connectivity index (χ0n) is 14.6. The molecule has 0 aromatic heterocycles. The number of benzene rings is 1. The summed E-state index contributed by atoms with van der Waals surface area (Å²) in [5.41, 5.74) is 0.806. The maximum absolute atomic E-state index is 12.4. The summed E-state index contributed by atoms with van der Waals surface area (Å²) in [6, 6.07) is 5.25. The Balaban J connectivity index is 1.85. The third kappa shape index (κ3) is 4.80. The molecule has 1 aliphatic rings. The lowest BCUT2D eigenvalue weighted by atomic mass is 9.95. The van der Waals surface area contributed by atoms with Gasteiger partial charge in [-0.15, -0.1) is 0 Å². The third-order valence-corrected chi connectivity index (χ3v) is 4.31. The number of ether oxygens (including phenoxy) is 2. The van der Waals surface area contributed by atoms with E-state index in [9.17, 15) is 22.8 Å². The van der Waals surface area contributed by atoms with Crippen molar-refractivity contribution in [2.24, 2.45) is 5.92 Å². The molecule has 9 heteroatoms. The topological polar surface area (TPSA) is 67.9 Å². The fourth-order valence-corrected chi connectivity index (χ4v) is 2.85. The van der Waals surface area contributed by atoms with E-state index in [1.54, 1.807) is 18.2 Å². The van der Waals surface area contributed by atoms with E-state index in [1.807, 2.05) is 0 Å². The van der Waals surface area contributed by atoms with Gasteiger partial charge in [-0.05, 0) is 30.5 Å². The van der Waals surface area contributed by atoms with Crippen LogP contribution in [0.5, 0.6) is 11.5 Å². The molecule has 0 bridgehead atoms. The Labute approximate surface area is 149 Å². The molecule has 0 aliphatic carbocycles. The van der Waals surface area contributed by atoms with Crippen LogP contribution in [0.3, 0.4) is 0 Å². The molecule has 26 heavy (non-hydrogen) atoms. The van der Waals surface area contributed by atoms with Gasteiger partial charge in [0.2, 0.25) is 5.91 Å². The van der Waals surface area contributed by atoms with E-state index in [0.29, 0.717) is 11.5 Å². The lowest BCUT2D eigenvalue weighted by molar-refractivity contribution is -0.186. The van der Waals surface area contributed by atoms with Crippen LogP contribution in [0.25, 0.3) is 0 Å². The van der Waals surface area contributed by atoms with Crippen molar-refractivity contribution in [2.75, 3.05) is 27.3 Å². The van der Waals surface area contributed by atoms with Crippen molar-refractivity contribution in [3.05, 3.63) is 23.8 Å². The Kier molecular flexibility index (Phi) is 6.33. The van der Waals surface area contributed by atoms with E-state index < -0.39 is 18.0 Å². The lowest BCUT2D eigenvalue weighted by Crippen LogP contribution is -2.47. The zero-order valence-corrected chi connectivity index (χ0v) is 14.6. The van der Waals surface area contributed by atoms with Gasteiger partial charge in [0.25, 0.3) is 0 Å². The van der Waals surface area contributed by atoms with E-state index >= 15 is 0 Å². The van der Waals surface area contributed by atoms with Crippen molar-refractivity contribution in [3.63, 3.8) is 0 Å². The van der Waals surface area contributed by atoms with Crippen LogP contribution >= 0.6 is 0 Å². The predicted molar refractivity (Wildman–Crippen MR) is 86.8 cm³/mol. The van der Waals surface area contributed by atoms with E-state index in [4.69, 9.17) is 9.47 Å². The van der Waals surface area contributed by atoms with Gasteiger partial charge in [0.05, 0.1) is 14.2 Å². The van der Waals surface area contributed by atoms with Crippen LogP contribution in [0, 0.1) is 5.92 Å². The quantitative estimate of drug-likeness (QED) is 0.857. The van der Waals surface area contributed by atoms with Gasteiger partial charge in [-0.25, -0.2) is 0 Å². The number of carbonyl (C=O) groups excluding carboxylic acids is 2. The number of hydrogen-bond acceptors (Lipinski definition) is 4. The van der Waals surface area contributed by atoms with Gasteiger partial charge in [-0.1, -0.05) is 6.07 Å². The van der Waals surface area contributed by atoms with Crippen molar-refractivity contribution in [3.8, 4) is 11.5 Å². The molecule has 6 nitrogen and oxygen atoms in total. The first-order valence-corrected chi connectivity index (χ1v) is 8.11. The van der Waals surface area contributed by atoms with Gasteiger partial charge < -0.3 is 19.7 Å². The van der Waals surface area contributed by atoms with E-state index in [2.05, 4.69) is 5.32 Å². The molecule has 0 atom stereocenters. The molecule has 1 aromatic carbocycles. The molecule has 1 fully saturated rings. The van der Waals surface area contributed by atoms with Crippen molar-refractivity contribution in [1.82, 2.24) is 10.2 Å². The SMILES string of the molecule is COc1ccc(CNC(=O)C2CCN(C(=O)C(F)(F)F)CC2)cc1OC. The Morgan fingerprint density at radius 3 is 2.31 bits per heavy atom. The van der Waals surface area contributed by atoms with Crippen LogP contribution in [0.15, 0.2) is 18.2 Å². The molecule has 0 spiro atoms. The van der Waals surface area contributed by atoms with Gasteiger partial charge in [-0.2, -0.15) is 13.2 Å². The summed E-state index contributed by atoms with van der Waals surface area (Å²) in [5.74, 6) is -1.38. The number of carbonyl (C=O) groups is 2. The Morgan fingerprint density at radius 2 is 1.77 bits per heavy atom. The summed E-state index contributed by atoms with van der Waals surface area (Å²) in [6.07, 6.45) is -4.46. The largest absolute Gasteiger partial charge is 0.493 e. The molecule has 1 aromatic rings. The van der Waals surface area contributed by atoms with Gasteiger partial charge in [0, 0.05) is 25.6 Å². The summed E-state index contributed by atoms with van der Waals surface area (Å²) in [7, 11) is 3.03. The van der Waals surface area contributed by atoms with Crippen molar-refractivity contribution in [2.45, 2.75) is 25.6 Å². The normalized spacial score (nSPS) is 15.5. The predicted octanol–water partition coefficient (Wildman–Crippen LogP) is 2.12. The van der Waals surface area contributed by atoms with Crippen LogP contribution in [-0.2, 0) is 16.1 Å². The van der Waals surface area contributed by atoms with Crippen LogP contribution < -0.4 is 14.8 Å². The molecule has 144 valence electrons.